The van der Waals surface area contributed by atoms with Crippen LogP contribution in [-0.2, 0) is 17.0 Å². The monoisotopic (exact) mass is 430 g/mol. The maximum absolute atomic E-state index is 9.06. The molecule has 0 atom stereocenters. The average Bonchev–Trinajstić information content (AvgIpc) is 2.43. The average molecular weight is 432 g/mol. The second-order valence-electron chi connectivity index (χ2n) is 4.86. The predicted octanol–water partition coefficient (Wildman–Crippen LogP) is 6.70. The first-order valence-corrected chi connectivity index (χ1v) is 11.6. The third-order valence-electron chi connectivity index (χ3n) is 2.84. The summed E-state index contributed by atoms with van der Waals surface area (Å²) in [5.41, 5.74) is 3.66. The number of halogens is 4. The summed E-state index contributed by atoms with van der Waals surface area (Å²) >= 11 is 11.1. The van der Waals surface area contributed by atoms with Gasteiger partial charge in [0.15, 0.2) is 0 Å². The van der Waals surface area contributed by atoms with Crippen LogP contribution < -0.4 is 0 Å². The second-order valence-corrected chi connectivity index (χ2v) is 8.19. The van der Waals surface area contributed by atoms with Crippen molar-refractivity contribution in [3.05, 3.63) is 56.6 Å². The van der Waals surface area contributed by atoms with Crippen LogP contribution in [0, 0.1) is 27.7 Å². The van der Waals surface area contributed by atoms with E-state index in [1.165, 1.54) is 0 Å². The zero-order chi connectivity index (χ0) is 18.2. The van der Waals surface area contributed by atoms with Gasteiger partial charge in [-0.2, -0.15) is 0 Å². The van der Waals surface area contributed by atoms with Crippen molar-refractivity contribution < 1.29 is 27.2 Å². The Labute approximate surface area is 164 Å². The fourth-order valence-corrected chi connectivity index (χ4v) is 2.06. The Morgan fingerprint density at radius 2 is 0.826 bits per heavy atom. The van der Waals surface area contributed by atoms with E-state index in [9.17, 15) is 0 Å². The molecule has 0 aliphatic heterocycles. The van der Waals surface area contributed by atoms with E-state index in [1.807, 2.05) is 27.7 Å². The van der Waals surface area contributed by atoms with Gasteiger partial charge < -0.3 is 10.2 Å². The molecule has 2 N–H and O–H groups in total. The summed E-state index contributed by atoms with van der Waals surface area (Å²) in [6, 6.07) is 6.59. The van der Waals surface area contributed by atoms with Crippen molar-refractivity contribution in [1.29, 1.82) is 0 Å². The Kier molecular flexibility index (Phi) is 11.4. The Morgan fingerprint density at radius 3 is 1.00 bits per heavy atom. The number of hydrogen-bond donors (Lipinski definition) is 2. The van der Waals surface area contributed by atoms with Gasteiger partial charge in [0.25, 0.3) is 0 Å². The van der Waals surface area contributed by atoms with E-state index in [4.69, 9.17) is 52.0 Å². The fraction of sp³-hybridized carbons (Fsp3) is 0.250. The molecule has 126 valence electrons. The first kappa shape index (κ1) is 22.9. The molecule has 0 aromatic heterocycles. The fourth-order valence-electron chi connectivity index (χ4n) is 1.85. The maximum atomic E-state index is 9.06. The third kappa shape index (κ3) is 8.53. The van der Waals surface area contributed by atoms with Crippen molar-refractivity contribution >= 4 is 41.8 Å². The molecule has 0 bridgehead atoms. The summed E-state index contributed by atoms with van der Waals surface area (Å²) in [5, 5.41) is 19.6. The molecule has 2 rings (SSSR count). The van der Waals surface area contributed by atoms with Crippen molar-refractivity contribution in [3.63, 3.8) is 0 Å². The third-order valence-corrected chi connectivity index (χ3v) is 4.03. The van der Waals surface area contributed by atoms with Crippen LogP contribution in [0.15, 0.2) is 24.3 Å². The molecule has 2 aromatic rings. The second kappa shape index (κ2) is 11.5. The van der Waals surface area contributed by atoms with Gasteiger partial charge in [-0.05, 0) is 74.2 Å². The number of phenolic OH excluding ortho intramolecular Hbond substituents is 2. The van der Waals surface area contributed by atoms with Crippen molar-refractivity contribution in [3.8, 4) is 11.5 Å². The summed E-state index contributed by atoms with van der Waals surface area (Å²) in [6.45, 7) is 7.48. The molecule has 2 nitrogen and oxygen atoms in total. The molecular formula is C16H18Cl4O2Ti. The predicted molar refractivity (Wildman–Crippen MR) is 96.9 cm³/mol. The molecule has 0 fully saturated rings. The zero-order valence-electron chi connectivity index (χ0n) is 13.2. The van der Waals surface area contributed by atoms with E-state index in [2.05, 4.69) is 0 Å². The quantitative estimate of drug-likeness (QED) is 0.455. The van der Waals surface area contributed by atoms with E-state index < -0.39 is 17.0 Å². The molecule has 0 saturated carbocycles. The molecule has 0 unspecified atom stereocenters. The van der Waals surface area contributed by atoms with Crippen LogP contribution >= 0.6 is 41.8 Å². The summed E-state index contributed by atoms with van der Waals surface area (Å²) in [7, 11) is 9.78. The summed E-state index contributed by atoms with van der Waals surface area (Å²) < 4.78 is 0. The molecule has 0 saturated heterocycles. The molecule has 7 heteroatoms. The van der Waals surface area contributed by atoms with Gasteiger partial charge in [-0.25, -0.2) is 0 Å². The van der Waals surface area contributed by atoms with Crippen molar-refractivity contribution in [1.82, 2.24) is 0 Å². The van der Waals surface area contributed by atoms with Gasteiger partial charge >= 0.3 is 35.6 Å². The molecule has 0 aliphatic rings. The number of aromatic hydroxyl groups is 2. The molecule has 0 spiro atoms. The van der Waals surface area contributed by atoms with Crippen molar-refractivity contribution in [2.45, 2.75) is 27.7 Å². The SMILES string of the molecule is Cc1cc(O)cc(C)c1Cl.Cc1cc(O)cc(C)c1Cl.[Cl][Ti][Cl]. The molecular weight excluding hydrogens is 414 g/mol. The summed E-state index contributed by atoms with van der Waals surface area (Å²) in [6.07, 6.45) is 0. The number of benzene rings is 2. The minimum absolute atomic E-state index is 0.277. The molecule has 0 amide bonds. The van der Waals surface area contributed by atoms with Crippen LogP contribution in [0.2, 0.25) is 10.0 Å². The minimum atomic E-state index is -0.556. The van der Waals surface area contributed by atoms with Crippen LogP contribution in [-0.4, -0.2) is 10.2 Å². The van der Waals surface area contributed by atoms with Gasteiger partial charge in [0.05, 0.1) is 0 Å². The van der Waals surface area contributed by atoms with E-state index in [-0.39, 0.29) is 11.5 Å². The molecule has 2 aromatic carbocycles. The van der Waals surface area contributed by atoms with Crippen molar-refractivity contribution in [2.75, 3.05) is 0 Å². The zero-order valence-corrected chi connectivity index (χ0v) is 17.8. The van der Waals surface area contributed by atoms with Crippen LogP contribution in [0.4, 0.5) is 0 Å². The first-order chi connectivity index (χ1) is 10.6. The first-order valence-electron chi connectivity index (χ1n) is 6.51. The van der Waals surface area contributed by atoms with Crippen LogP contribution in [0.1, 0.15) is 22.3 Å². The van der Waals surface area contributed by atoms with Crippen LogP contribution in [0.3, 0.4) is 0 Å². The Balaban J connectivity index is 0.000000360. The Hall–Kier alpha value is -0.0857. The van der Waals surface area contributed by atoms with E-state index in [0.29, 0.717) is 0 Å². The Morgan fingerprint density at radius 1 is 0.652 bits per heavy atom. The Bertz CT molecular complexity index is 546. The van der Waals surface area contributed by atoms with Gasteiger partial charge in [0.1, 0.15) is 11.5 Å². The summed E-state index contributed by atoms with van der Waals surface area (Å²) in [4.78, 5) is 0. The van der Waals surface area contributed by atoms with E-state index in [0.717, 1.165) is 32.3 Å². The number of hydrogen-bond acceptors (Lipinski definition) is 2. The van der Waals surface area contributed by atoms with Gasteiger partial charge in [0.2, 0.25) is 0 Å². The van der Waals surface area contributed by atoms with E-state index in [1.54, 1.807) is 24.3 Å². The number of phenols is 2. The normalized spacial score (nSPS) is 9.22. The van der Waals surface area contributed by atoms with E-state index >= 15 is 0 Å². The number of aryl methyl sites for hydroxylation is 4. The van der Waals surface area contributed by atoms with Gasteiger partial charge in [-0.15, -0.1) is 0 Å². The molecule has 23 heavy (non-hydrogen) atoms. The van der Waals surface area contributed by atoms with Gasteiger partial charge in [-0.1, -0.05) is 23.2 Å². The summed E-state index contributed by atoms with van der Waals surface area (Å²) in [5.74, 6) is 0.554. The molecule has 0 aliphatic carbocycles. The van der Waals surface area contributed by atoms with Crippen LogP contribution in [0.5, 0.6) is 11.5 Å². The number of rotatable bonds is 0. The van der Waals surface area contributed by atoms with Crippen LogP contribution in [0.25, 0.3) is 0 Å². The van der Waals surface area contributed by atoms with Gasteiger partial charge in [-0.3, -0.25) is 0 Å². The standard InChI is InChI=1S/2C8H9ClO.2ClH.Ti/c2*1-5-3-7(10)4-6(2)8(5)9;;;/h2*3-4,10H,1-2H3;2*1H;/q;;;;+2/p-2. The molecule has 0 radical (unpaired) electrons. The van der Waals surface area contributed by atoms with Crippen molar-refractivity contribution in [2.24, 2.45) is 0 Å². The topological polar surface area (TPSA) is 40.5 Å². The molecule has 0 heterocycles. The van der Waals surface area contributed by atoms with Gasteiger partial charge in [0, 0.05) is 10.0 Å².